The Morgan fingerprint density at radius 1 is 1.09 bits per heavy atom. The largest absolute Gasteiger partial charge is 0.507 e. The van der Waals surface area contributed by atoms with Gasteiger partial charge in [0.2, 0.25) is 0 Å². The van der Waals surface area contributed by atoms with Crippen LogP contribution in [0.5, 0.6) is 0 Å². The molecule has 172 valence electrons. The highest BCUT2D eigenvalue weighted by Gasteiger charge is 2.47. The first-order chi connectivity index (χ1) is 16.2. The summed E-state index contributed by atoms with van der Waals surface area (Å²) in [5.41, 5.74) is 1.51. The van der Waals surface area contributed by atoms with Crippen LogP contribution in [0.4, 0.5) is 15.8 Å². The number of aliphatic hydroxyl groups is 1. The van der Waals surface area contributed by atoms with E-state index in [1.54, 1.807) is 12.1 Å². The number of carbonyl (C=O) groups is 2. The van der Waals surface area contributed by atoms with Gasteiger partial charge in [-0.3, -0.25) is 24.6 Å². The van der Waals surface area contributed by atoms with Gasteiger partial charge in [0.1, 0.15) is 11.6 Å². The highest BCUT2D eigenvalue weighted by atomic mass is 35.5. The smallest absolute Gasteiger partial charge is 0.300 e. The zero-order valence-corrected chi connectivity index (χ0v) is 18.6. The summed E-state index contributed by atoms with van der Waals surface area (Å²) in [6.07, 6.45) is 0.775. The molecule has 0 saturated carbocycles. The summed E-state index contributed by atoms with van der Waals surface area (Å²) in [6.45, 7) is 1.98. The first-order valence-corrected chi connectivity index (χ1v) is 10.7. The number of benzene rings is 3. The van der Waals surface area contributed by atoms with Crippen molar-refractivity contribution in [1.29, 1.82) is 0 Å². The molecule has 0 radical (unpaired) electrons. The van der Waals surface area contributed by atoms with Crippen LogP contribution in [0.1, 0.15) is 29.7 Å². The second kappa shape index (κ2) is 9.07. The van der Waals surface area contributed by atoms with Crippen molar-refractivity contribution in [2.75, 3.05) is 4.90 Å². The number of ketones is 1. The lowest BCUT2D eigenvalue weighted by atomic mass is 9.94. The van der Waals surface area contributed by atoms with Crippen molar-refractivity contribution >= 4 is 40.4 Å². The quantitative estimate of drug-likeness (QED) is 0.169. The molecule has 0 spiro atoms. The minimum absolute atomic E-state index is 0.135. The summed E-state index contributed by atoms with van der Waals surface area (Å²) in [6, 6.07) is 14.8. The molecular formula is C25H18ClFN2O5. The van der Waals surface area contributed by atoms with Crippen molar-refractivity contribution in [1.82, 2.24) is 0 Å². The van der Waals surface area contributed by atoms with Gasteiger partial charge in [-0.2, -0.15) is 0 Å². The maximum Gasteiger partial charge on any atom is 0.300 e. The average Bonchev–Trinajstić information content (AvgIpc) is 3.11. The van der Waals surface area contributed by atoms with E-state index in [1.807, 2.05) is 19.1 Å². The molecule has 1 amide bonds. The van der Waals surface area contributed by atoms with Gasteiger partial charge < -0.3 is 5.11 Å². The molecule has 7 nitrogen and oxygen atoms in total. The lowest BCUT2D eigenvalue weighted by Gasteiger charge is -2.26. The fourth-order valence-electron chi connectivity index (χ4n) is 3.88. The van der Waals surface area contributed by atoms with Crippen LogP contribution in [0.2, 0.25) is 5.02 Å². The number of hydrogen-bond acceptors (Lipinski definition) is 5. The number of nitro benzene ring substituents is 1. The maximum atomic E-state index is 13.8. The van der Waals surface area contributed by atoms with E-state index in [2.05, 4.69) is 0 Å². The number of rotatable bonds is 5. The van der Waals surface area contributed by atoms with Crippen LogP contribution in [0.15, 0.2) is 72.3 Å². The van der Waals surface area contributed by atoms with Gasteiger partial charge >= 0.3 is 0 Å². The second-order valence-electron chi connectivity index (χ2n) is 7.67. The van der Waals surface area contributed by atoms with Crippen LogP contribution < -0.4 is 4.90 Å². The lowest BCUT2D eigenvalue weighted by molar-refractivity contribution is -0.384. The highest BCUT2D eigenvalue weighted by molar-refractivity contribution is 6.51. The van der Waals surface area contributed by atoms with Gasteiger partial charge in [0, 0.05) is 23.4 Å². The van der Waals surface area contributed by atoms with E-state index in [4.69, 9.17) is 11.6 Å². The lowest BCUT2D eigenvalue weighted by Crippen LogP contribution is -2.29. The standard InChI is InChI=1S/C25H18ClFN2O5/c1-2-14-3-5-15(6-4-14)22-21(23(30)16-7-9-17(10-8-16)29(33)34)24(31)25(32)28(22)18-11-12-20(27)19(26)13-18/h3-13,22,30H,2H2,1H3/b23-21+. The Labute approximate surface area is 198 Å². The number of hydrogen-bond donors (Lipinski definition) is 1. The number of nitro groups is 1. The van der Waals surface area contributed by atoms with Gasteiger partial charge in [-0.15, -0.1) is 0 Å². The van der Waals surface area contributed by atoms with Crippen molar-refractivity contribution in [3.05, 3.63) is 110 Å². The Morgan fingerprint density at radius 3 is 2.29 bits per heavy atom. The predicted molar refractivity (Wildman–Crippen MR) is 125 cm³/mol. The SMILES string of the molecule is CCc1ccc(C2/C(=C(\O)c3ccc([N+](=O)[O-])cc3)C(=O)C(=O)N2c2ccc(F)c(Cl)c2)cc1. The summed E-state index contributed by atoms with van der Waals surface area (Å²) in [4.78, 5) is 37.8. The topological polar surface area (TPSA) is 101 Å². The van der Waals surface area contributed by atoms with Gasteiger partial charge in [0.25, 0.3) is 17.4 Å². The molecular weight excluding hydrogens is 463 g/mol. The van der Waals surface area contributed by atoms with Crippen LogP contribution in [0.3, 0.4) is 0 Å². The summed E-state index contributed by atoms with van der Waals surface area (Å²) in [7, 11) is 0. The Hall–Kier alpha value is -4.04. The summed E-state index contributed by atoms with van der Waals surface area (Å²) in [5, 5.41) is 21.8. The molecule has 0 aromatic heterocycles. The fourth-order valence-corrected chi connectivity index (χ4v) is 4.06. The van der Waals surface area contributed by atoms with Crippen molar-refractivity contribution in [2.45, 2.75) is 19.4 Å². The average molecular weight is 481 g/mol. The number of anilines is 1. The first kappa shape index (κ1) is 23.1. The predicted octanol–water partition coefficient (Wildman–Crippen LogP) is 5.58. The Balaban J connectivity index is 1.91. The number of amides is 1. The van der Waals surface area contributed by atoms with Gasteiger partial charge in [-0.25, -0.2) is 4.39 Å². The number of aliphatic hydroxyl groups excluding tert-OH is 1. The summed E-state index contributed by atoms with van der Waals surface area (Å²) in [5.74, 6) is -3.03. The highest BCUT2D eigenvalue weighted by Crippen LogP contribution is 2.43. The molecule has 1 heterocycles. The van der Waals surface area contributed by atoms with Crippen LogP contribution in [0.25, 0.3) is 5.76 Å². The summed E-state index contributed by atoms with van der Waals surface area (Å²) >= 11 is 5.93. The minimum Gasteiger partial charge on any atom is -0.507 e. The molecule has 4 rings (SSSR count). The third-order valence-corrected chi connectivity index (χ3v) is 5.97. The van der Waals surface area contributed by atoms with Crippen LogP contribution in [0, 0.1) is 15.9 Å². The minimum atomic E-state index is -1.03. The van der Waals surface area contributed by atoms with Crippen molar-refractivity contribution in [3.8, 4) is 0 Å². The normalized spacial score (nSPS) is 17.3. The molecule has 1 fully saturated rings. The van der Waals surface area contributed by atoms with E-state index in [0.29, 0.717) is 5.56 Å². The van der Waals surface area contributed by atoms with Gasteiger partial charge in [-0.1, -0.05) is 42.8 Å². The molecule has 34 heavy (non-hydrogen) atoms. The molecule has 0 aliphatic carbocycles. The third-order valence-electron chi connectivity index (χ3n) is 5.68. The zero-order chi connectivity index (χ0) is 24.6. The first-order valence-electron chi connectivity index (χ1n) is 10.3. The third kappa shape index (κ3) is 4.04. The van der Waals surface area contributed by atoms with E-state index in [0.717, 1.165) is 23.0 Å². The van der Waals surface area contributed by atoms with Crippen LogP contribution >= 0.6 is 11.6 Å². The van der Waals surface area contributed by atoms with Crippen molar-refractivity contribution < 1.29 is 24.0 Å². The molecule has 1 aliphatic heterocycles. The van der Waals surface area contributed by atoms with E-state index < -0.39 is 34.2 Å². The maximum absolute atomic E-state index is 13.8. The second-order valence-corrected chi connectivity index (χ2v) is 8.07. The number of aryl methyl sites for hydroxylation is 1. The molecule has 9 heteroatoms. The van der Waals surface area contributed by atoms with E-state index in [9.17, 15) is 29.2 Å². The van der Waals surface area contributed by atoms with E-state index >= 15 is 0 Å². The Kier molecular flexibility index (Phi) is 6.17. The van der Waals surface area contributed by atoms with Gasteiger partial charge in [0.05, 0.1) is 21.6 Å². The molecule has 1 saturated heterocycles. The zero-order valence-electron chi connectivity index (χ0n) is 17.9. The monoisotopic (exact) mass is 480 g/mol. The van der Waals surface area contributed by atoms with Crippen LogP contribution in [-0.2, 0) is 16.0 Å². The molecule has 0 bridgehead atoms. The molecule has 3 aromatic carbocycles. The fraction of sp³-hybridized carbons (Fsp3) is 0.120. The van der Waals surface area contributed by atoms with Crippen molar-refractivity contribution in [2.24, 2.45) is 0 Å². The van der Waals surface area contributed by atoms with Crippen LogP contribution in [-0.4, -0.2) is 21.7 Å². The summed E-state index contributed by atoms with van der Waals surface area (Å²) < 4.78 is 13.8. The molecule has 1 atom stereocenters. The van der Waals surface area contributed by atoms with Crippen molar-refractivity contribution in [3.63, 3.8) is 0 Å². The van der Waals surface area contributed by atoms with E-state index in [-0.39, 0.29) is 27.5 Å². The number of halogens is 2. The molecule has 1 aliphatic rings. The van der Waals surface area contributed by atoms with E-state index in [1.165, 1.54) is 36.4 Å². The number of nitrogens with zero attached hydrogens (tertiary/aromatic N) is 2. The van der Waals surface area contributed by atoms with Gasteiger partial charge in [0.15, 0.2) is 0 Å². The Bertz CT molecular complexity index is 1340. The number of carbonyl (C=O) groups excluding carboxylic acids is 2. The molecule has 1 unspecified atom stereocenters. The Morgan fingerprint density at radius 2 is 1.74 bits per heavy atom. The number of Topliss-reactive ketones (excluding diaryl/α,β-unsaturated/α-hetero) is 1. The number of non-ortho nitro benzene ring substituents is 1. The molecule has 1 N–H and O–H groups in total. The van der Waals surface area contributed by atoms with Gasteiger partial charge in [-0.05, 0) is 47.9 Å². The molecule has 3 aromatic rings.